The fourth-order valence-electron chi connectivity index (χ4n) is 12.8. The molecule has 0 aliphatic heterocycles. The fraction of sp³-hybridized carbons (Fsp3) is 0.794. The van der Waals surface area contributed by atoms with Gasteiger partial charge in [0.05, 0.1) is 64.4 Å². The molecule has 6 nitrogen and oxygen atoms in total. The molecule has 2 atom stereocenters. The molecule has 74 heavy (non-hydrogen) atoms. The Hall–Kier alpha value is -2.70. The maximum Gasteiger partial charge on any atom is 0.127 e. The zero-order valence-corrected chi connectivity index (χ0v) is 51.5. The van der Waals surface area contributed by atoms with E-state index in [1.165, 1.54) is 188 Å². The van der Waals surface area contributed by atoms with Gasteiger partial charge in [-0.25, -0.2) is 0 Å². The number of aliphatic imine (C=N–C) groups is 2. The van der Waals surface area contributed by atoms with E-state index in [1.807, 2.05) is 12.4 Å². The van der Waals surface area contributed by atoms with Gasteiger partial charge < -0.3 is 19.2 Å². The second-order valence-electron chi connectivity index (χ2n) is 25.4. The van der Waals surface area contributed by atoms with E-state index in [4.69, 9.17) is 9.98 Å². The molecule has 1 aliphatic rings. The fourth-order valence-corrected chi connectivity index (χ4v) is 12.8. The Bertz CT molecular complexity index is 1810. The van der Waals surface area contributed by atoms with E-state index in [9.17, 15) is 10.2 Å². The number of phenols is 2. The van der Waals surface area contributed by atoms with Crippen molar-refractivity contribution in [3.8, 4) is 11.5 Å². The highest BCUT2D eigenvalue weighted by molar-refractivity contribution is 5.86. The summed E-state index contributed by atoms with van der Waals surface area (Å²) >= 11 is 0. The average molecular weight is 1030 g/mol. The van der Waals surface area contributed by atoms with Crippen LogP contribution in [-0.2, 0) is 10.8 Å². The summed E-state index contributed by atoms with van der Waals surface area (Å²) in [4.78, 5) is 10.8. The number of phenolic OH excluding ortho intramolecular Hbond substituents is 2. The number of quaternary nitrogens is 2. The predicted octanol–water partition coefficient (Wildman–Crippen LogP) is 19.1. The number of aromatic hydroxyl groups is 2. The van der Waals surface area contributed by atoms with E-state index in [2.05, 4.69) is 121 Å². The lowest BCUT2D eigenvalue weighted by Gasteiger charge is -2.42. The predicted molar refractivity (Wildman–Crippen MR) is 327 cm³/mol. The van der Waals surface area contributed by atoms with Crippen LogP contribution in [-0.4, -0.2) is 96.1 Å². The van der Waals surface area contributed by atoms with Crippen LogP contribution in [0.3, 0.4) is 0 Å². The van der Waals surface area contributed by atoms with Crippen molar-refractivity contribution >= 4 is 12.4 Å². The van der Waals surface area contributed by atoms with Crippen LogP contribution in [0.15, 0.2) is 34.3 Å². The zero-order valence-electron chi connectivity index (χ0n) is 51.5. The Labute approximate surface area is 459 Å². The van der Waals surface area contributed by atoms with Gasteiger partial charge in [0.15, 0.2) is 0 Å². The Morgan fingerprint density at radius 2 is 0.716 bits per heavy atom. The van der Waals surface area contributed by atoms with Crippen LogP contribution >= 0.6 is 0 Å². The molecule has 0 saturated heterocycles. The van der Waals surface area contributed by atoms with E-state index in [1.54, 1.807) is 0 Å². The Kier molecular flexibility index (Phi) is 30.3. The summed E-state index contributed by atoms with van der Waals surface area (Å²) in [7, 11) is 0. The second kappa shape index (κ2) is 34.2. The molecular weight excluding hydrogens is 905 g/mol. The summed E-state index contributed by atoms with van der Waals surface area (Å²) in [5.74, 6) is 1.17. The van der Waals surface area contributed by atoms with Crippen LogP contribution in [0.1, 0.15) is 309 Å². The van der Waals surface area contributed by atoms with Crippen molar-refractivity contribution in [2.75, 3.05) is 52.4 Å². The second-order valence-corrected chi connectivity index (χ2v) is 25.4. The number of hydrogen-bond acceptors (Lipinski definition) is 4. The van der Waals surface area contributed by atoms with Crippen molar-refractivity contribution in [2.24, 2.45) is 9.98 Å². The molecule has 0 aromatic heterocycles. The van der Waals surface area contributed by atoms with Crippen molar-refractivity contribution in [1.82, 2.24) is 0 Å². The molecule has 0 bridgehead atoms. The number of benzene rings is 2. The van der Waals surface area contributed by atoms with Gasteiger partial charge in [0.1, 0.15) is 11.5 Å². The molecule has 1 fully saturated rings. The molecule has 2 N–H and O–H groups in total. The topological polar surface area (TPSA) is 65.2 Å². The number of nitrogens with zero attached hydrogens (tertiary/aromatic N) is 4. The Morgan fingerprint density at radius 1 is 0.446 bits per heavy atom. The first-order valence-electron chi connectivity index (χ1n) is 32.0. The molecule has 6 heteroatoms. The first-order chi connectivity index (χ1) is 35.5. The van der Waals surface area contributed by atoms with E-state index in [0.717, 1.165) is 73.6 Å². The largest absolute Gasteiger partial charge is 0.507 e. The zero-order chi connectivity index (χ0) is 54.6. The summed E-state index contributed by atoms with van der Waals surface area (Å²) in [6.07, 6.45) is 35.6. The molecule has 2 aromatic carbocycles. The van der Waals surface area contributed by atoms with Gasteiger partial charge >= 0.3 is 0 Å². The van der Waals surface area contributed by atoms with Crippen LogP contribution in [0.5, 0.6) is 11.5 Å². The average Bonchev–Trinajstić information content (AvgIpc) is 3.39. The molecular formula is C68H122N4O2+2. The maximum atomic E-state index is 12.2. The smallest absolute Gasteiger partial charge is 0.127 e. The van der Waals surface area contributed by atoms with Gasteiger partial charge in [0, 0.05) is 23.6 Å². The summed E-state index contributed by atoms with van der Waals surface area (Å²) in [6, 6.07) is 9.37. The third-order valence-electron chi connectivity index (χ3n) is 18.3. The molecule has 1 aliphatic carbocycles. The Balaban J connectivity index is 2.15. The van der Waals surface area contributed by atoms with Gasteiger partial charge in [-0.15, -0.1) is 0 Å². The standard InChI is InChI=1S/C68H120N4O2/c1-15-23-37-67(13,38-24-16-2)59-49-57(65(73)61(51-59)55(9)10)53-69-63-35-31-32-36-64(63)70-54-58-50-60(52-62(56(11)12)66(58)74)68(14,39-33-47-71(41-25-17-3,42-26-18-4)43-27-19-5)40-34-48-72(44-28-20-6,45-29-21-7)46-30-22-8/h49-56,63-64H,15-48H2,1-14H3/p+2. The minimum atomic E-state index is -0.0298. The van der Waals surface area contributed by atoms with Crippen molar-refractivity contribution < 1.29 is 19.2 Å². The van der Waals surface area contributed by atoms with Crippen LogP contribution < -0.4 is 0 Å². The van der Waals surface area contributed by atoms with E-state index >= 15 is 0 Å². The highest BCUT2D eigenvalue weighted by Gasteiger charge is 2.35. The third kappa shape index (κ3) is 20.3. The van der Waals surface area contributed by atoms with E-state index in [-0.39, 0.29) is 34.7 Å². The van der Waals surface area contributed by atoms with Gasteiger partial charge in [-0.05, 0) is 147 Å². The van der Waals surface area contributed by atoms with Crippen molar-refractivity contribution in [3.63, 3.8) is 0 Å². The lowest BCUT2D eigenvalue weighted by Crippen LogP contribution is -2.51. The lowest BCUT2D eigenvalue weighted by molar-refractivity contribution is -0.929. The number of unbranched alkanes of at least 4 members (excludes halogenated alkanes) is 8. The molecule has 0 heterocycles. The van der Waals surface area contributed by atoms with Crippen LogP contribution in [0.25, 0.3) is 0 Å². The van der Waals surface area contributed by atoms with Gasteiger partial charge in [-0.1, -0.05) is 186 Å². The van der Waals surface area contributed by atoms with Crippen molar-refractivity contribution in [3.05, 3.63) is 57.6 Å². The van der Waals surface area contributed by atoms with Crippen LogP contribution in [0.2, 0.25) is 0 Å². The summed E-state index contributed by atoms with van der Waals surface area (Å²) in [5, 5.41) is 24.0. The van der Waals surface area contributed by atoms with Crippen LogP contribution in [0.4, 0.5) is 0 Å². The highest BCUT2D eigenvalue weighted by atomic mass is 16.3. The highest BCUT2D eigenvalue weighted by Crippen LogP contribution is 2.42. The van der Waals surface area contributed by atoms with E-state index in [0.29, 0.717) is 11.5 Å². The van der Waals surface area contributed by atoms with Crippen molar-refractivity contribution in [1.29, 1.82) is 0 Å². The van der Waals surface area contributed by atoms with Gasteiger partial charge in [-0.2, -0.15) is 0 Å². The minimum absolute atomic E-state index is 0.0201. The lowest BCUT2D eigenvalue weighted by atomic mass is 9.73. The first-order valence-corrected chi connectivity index (χ1v) is 32.0. The molecule has 3 rings (SSSR count). The first kappa shape index (κ1) is 65.6. The van der Waals surface area contributed by atoms with Gasteiger partial charge in [-0.3, -0.25) is 9.98 Å². The van der Waals surface area contributed by atoms with Gasteiger partial charge in [0.25, 0.3) is 0 Å². The number of rotatable bonds is 40. The Morgan fingerprint density at radius 3 is 0.986 bits per heavy atom. The van der Waals surface area contributed by atoms with Crippen molar-refractivity contribution in [2.45, 2.75) is 299 Å². The van der Waals surface area contributed by atoms with Crippen LogP contribution in [0, 0.1) is 0 Å². The molecule has 2 aromatic rings. The minimum Gasteiger partial charge on any atom is -0.507 e. The SMILES string of the molecule is CCCCC(C)(CCCC)c1cc(C=NC2CCCCC2N=Cc2cc(C(C)(CCC[N+](CCCC)(CCCC)CCCC)CCC[N+](CCCC)(CCCC)CCCC)cc(C(C)C)c2O)c(O)c(C(C)C)c1. The molecule has 0 amide bonds. The monoisotopic (exact) mass is 1030 g/mol. The maximum absolute atomic E-state index is 12.2. The normalized spacial score (nSPS) is 16.3. The number of hydrogen-bond donors (Lipinski definition) is 2. The molecule has 2 unspecified atom stereocenters. The molecule has 424 valence electrons. The summed E-state index contributed by atoms with van der Waals surface area (Å²) in [6.45, 7) is 43.2. The quantitative estimate of drug-likeness (QED) is 0.0516. The van der Waals surface area contributed by atoms with Gasteiger partial charge in [0.2, 0.25) is 0 Å². The summed E-state index contributed by atoms with van der Waals surface area (Å²) < 4.78 is 2.57. The summed E-state index contributed by atoms with van der Waals surface area (Å²) in [5.41, 5.74) is 6.56. The van der Waals surface area contributed by atoms with E-state index < -0.39 is 0 Å². The molecule has 0 radical (unpaired) electrons. The third-order valence-corrected chi connectivity index (χ3v) is 18.3. The molecule has 1 saturated carbocycles. The molecule has 0 spiro atoms.